The Balaban J connectivity index is 2.29. The van der Waals surface area contributed by atoms with Gasteiger partial charge < -0.3 is 5.11 Å². The molecule has 0 radical (unpaired) electrons. The number of hydrogen-bond donors (Lipinski definition) is 1. The van der Waals surface area contributed by atoms with E-state index in [1.807, 2.05) is 18.2 Å². The van der Waals surface area contributed by atoms with E-state index >= 15 is 0 Å². The molecule has 0 aromatic carbocycles. The fourth-order valence-corrected chi connectivity index (χ4v) is 1.65. The summed E-state index contributed by atoms with van der Waals surface area (Å²) >= 11 is 0. The van der Waals surface area contributed by atoms with E-state index in [0.717, 1.165) is 11.1 Å². The highest BCUT2D eigenvalue weighted by Crippen LogP contribution is 2.30. The molecule has 0 aliphatic heterocycles. The summed E-state index contributed by atoms with van der Waals surface area (Å²) < 4.78 is 0. The fourth-order valence-electron chi connectivity index (χ4n) is 1.65. The van der Waals surface area contributed by atoms with E-state index in [1.54, 1.807) is 19.3 Å². The van der Waals surface area contributed by atoms with E-state index in [9.17, 15) is 5.11 Å². The van der Waals surface area contributed by atoms with Crippen molar-refractivity contribution in [3.05, 3.63) is 42.5 Å². The van der Waals surface area contributed by atoms with Gasteiger partial charge in [-0.1, -0.05) is 18.2 Å². The van der Waals surface area contributed by atoms with Gasteiger partial charge in [0.15, 0.2) is 0 Å². The summed E-state index contributed by atoms with van der Waals surface area (Å²) in [4.78, 5) is 7.92. The van der Waals surface area contributed by atoms with Gasteiger partial charge in [0, 0.05) is 23.9 Å². The monoisotopic (exact) mass is 188 g/mol. The number of nitrogens with zero attached hydrogens (tertiary/aromatic N) is 2. The number of allylic oxidation sites excluding steroid dienone is 2. The first-order chi connectivity index (χ1) is 6.79. The number of rotatable bonds is 2. The maximum absolute atomic E-state index is 9.55. The first kappa shape index (κ1) is 9.09. The van der Waals surface area contributed by atoms with Gasteiger partial charge in [-0.25, -0.2) is 9.97 Å². The summed E-state index contributed by atoms with van der Waals surface area (Å²) in [6, 6.07) is 0. The second-order valence-electron chi connectivity index (χ2n) is 3.40. The van der Waals surface area contributed by atoms with Gasteiger partial charge in [0.05, 0.1) is 6.10 Å². The summed E-state index contributed by atoms with van der Waals surface area (Å²) in [6.07, 6.45) is 10.6. The highest BCUT2D eigenvalue weighted by atomic mass is 16.3. The molecule has 0 bridgehead atoms. The lowest BCUT2D eigenvalue weighted by Crippen LogP contribution is -2.14. The van der Waals surface area contributed by atoms with Crippen LogP contribution in [-0.2, 0) is 0 Å². The SMILES string of the molecule is C[C@H](O)C1C=CC=C1c1cncnc1. The third-order valence-corrected chi connectivity index (χ3v) is 2.37. The highest BCUT2D eigenvalue weighted by Gasteiger charge is 2.20. The van der Waals surface area contributed by atoms with Crippen molar-refractivity contribution in [2.45, 2.75) is 13.0 Å². The van der Waals surface area contributed by atoms with Gasteiger partial charge in [-0.3, -0.25) is 0 Å². The van der Waals surface area contributed by atoms with E-state index in [0.29, 0.717) is 0 Å². The van der Waals surface area contributed by atoms with Crippen LogP contribution in [0.5, 0.6) is 0 Å². The van der Waals surface area contributed by atoms with Crippen molar-refractivity contribution in [3.63, 3.8) is 0 Å². The predicted molar refractivity (Wildman–Crippen MR) is 54.3 cm³/mol. The maximum Gasteiger partial charge on any atom is 0.115 e. The van der Waals surface area contributed by atoms with E-state index < -0.39 is 0 Å². The summed E-state index contributed by atoms with van der Waals surface area (Å²) in [6.45, 7) is 1.79. The van der Waals surface area contributed by atoms with Gasteiger partial charge in [0.2, 0.25) is 0 Å². The lowest BCUT2D eigenvalue weighted by Gasteiger charge is -2.16. The quantitative estimate of drug-likeness (QED) is 0.763. The van der Waals surface area contributed by atoms with Gasteiger partial charge in [0.1, 0.15) is 6.33 Å². The van der Waals surface area contributed by atoms with E-state index in [1.165, 1.54) is 6.33 Å². The first-order valence-corrected chi connectivity index (χ1v) is 4.61. The Morgan fingerprint density at radius 1 is 1.36 bits per heavy atom. The largest absolute Gasteiger partial charge is 0.392 e. The molecule has 0 fully saturated rings. The van der Waals surface area contributed by atoms with Crippen molar-refractivity contribution in [2.75, 3.05) is 0 Å². The van der Waals surface area contributed by atoms with Crippen LogP contribution < -0.4 is 0 Å². The molecular weight excluding hydrogens is 176 g/mol. The number of aromatic nitrogens is 2. The van der Waals surface area contributed by atoms with Crippen LogP contribution in [0.25, 0.3) is 5.57 Å². The van der Waals surface area contributed by atoms with Crippen LogP contribution in [0.3, 0.4) is 0 Å². The van der Waals surface area contributed by atoms with Gasteiger partial charge in [-0.15, -0.1) is 0 Å². The minimum atomic E-state index is -0.375. The van der Waals surface area contributed by atoms with Crippen molar-refractivity contribution < 1.29 is 5.11 Å². The Morgan fingerprint density at radius 3 is 2.71 bits per heavy atom. The molecule has 72 valence electrons. The zero-order valence-corrected chi connectivity index (χ0v) is 7.96. The van der Waals surface area contributed by atoms with Gasteiger partial charge in [0.25, 0.3) is 0 Å². The van der Waals surface area contributed by atoms with Crippen molar-refractivity contribution in [1.82, 2.24) is 9.97 Å². The Bertz CT molecular complexity index is 368. The van der Waals surface area contributed by atoms with Crippen LogP contribution in [0.4, 0.5) is 0 Å². The first-order valence-electron chi connectivity index (χ1n) is 4.61. The third kappa shape index (κ3) is 1.59. The van der Waals surface area contributed by atoms with Crippen molar-refractivity contribution in [3.8, 4) is 0 Å². The molecule has 1 aromatic rings. The lowest BCUT2D eigenvalue weighted by atomic mass is 9.93. The molecule has 1 aliphatic carbocycles. The molecule has 2 atom stereocenters. The smallest absolute Gasteiger partial charge is 0.115 e. The molecule has 1 aromatic heterocycles. The number of aliphatic hydroxyl groups is 1. The normalized spacial score (nSPS) is 22.1. The van der Waals surface area contributed by atoms with E-state index in [-0.39, 0.29) is 12.0 Å². The third-order valence-electron chi connectivity index (χ3n) is 2.37. The van der Waals surface area contributed by atoms with Crippen LogP contribution in [-0.4, -0.2) is 21.2 Å². The van der Waals surface area contributed by atoms with E-state index in [4.69, 9.17) is 0 Å². The van der Waals surface area contributed by atoms with Crippen molar-refractivity contribution in [1.29, 1.82) is 0 Å². The second-order valence-corrected chi connectivity index (χ2v) is 3.40. The summed E-state index contributed by atoms with van der Waals surface area (Å²) in [5.41, 5.74) is 2.06. The molecule has 0 saturated carbocycles. The Kier molecular flexibility index (Phi) is 2.41. The minimum Gasteiger partial charge on any atom is -0.392 e. The average Bonchev–Trinajstić information content (AvgIpc) is 2.67. The van der Waals surface area contributed by atoms with E-state index in [2.05, 4.69) is 9.97 Å². The summed E-state index contributed by atoms with van der Waals surface area (Å²) in [5.74, 6) is 0.0704. The molecule has 1 aliphatic rings. The van der Waals surface area contributed by atoms with Crippen LogP contribution in [0, 0.1) is 5.92 Å². The molecule has 3 heteroatoms. The second kappa shape index (κ2) is 3.72. The maximum atomic E-state index is 9.55. The fraction of sp³-hybridized carbons (Fsp3) is 0.273. The van der Waals surface area contributed by atoms with Gasteiger partial charge in [-0.05, 0) is 12.5 Å². The topological polar surface area (TPSA) is 46.0 Å². The minimum absolute atomic E-state index is 0.0704. The molecule has 1 heterocycles. The zero-order chi connectivity index (χ0) is 9.97. The average molecular weight is 188 g/mol. The van der Waals surface area contributed by atoms with Crippen LogP contribution >= 0.6 is 0 Å². The van der Waals surface area contributed by atoms with Crippen LogP contribution in [0.2, 0.25) is 0 Å². The molecule has 0 saturated heterocycles. The number of aliphatic hydroxyl groups excluding tert-OH is 1. The Labute approximate surface area is 82.8 Å². The summed E-state index contributed by atoms with van der Waals surface area (Å²) in [5, 5.41) is 9.55. The molecule has 2 rings (SSSR count). The molecule has 0 spiro atoms. The molecule has 3 nitrogen and oxygen atoms in total. The van der Waals surface area contributed by atoms with Crippen LogP contribution in [0.15, 0.2) is 36.9 Å². The van der Waals surface area contributed by atoms with Gasteiger partial charge >= 0.3 is 0 Å². The molecule has 14 heavy (non-hydrogen) atoms. The molecule has 1 N–H and O–H groups in total. The van der Waals surface area contributed by atoms with Crippen molar-refractivity contribution in [2.24, 2.45) is 5.92 Å². The van der Waals surface area contributed by atoms with Crippen LogP contribution in [0.1, 0.15) is 12.5 Å². The molecular formula is C11H12N2O. The van der Waals surface area contributed by atoms with Crippen molar-refractivity contribution >= 4 is 5.57 Å². The zero-order valence-electron chi connectivity index (χ0n) is 7.96. The standard InChI is InChI=1S/C11H12N2O/c1-8(14)10-3-2-4-11(10)9-5-12-7-13-6-9/h2-8,10,14H,1H3/t8-,10?/m0/s1. The Hall–Kier alpha value is -1.48. The number of hydrogen-bond acceptors (Lipinski definition) is 3. The highest BCUT2D eigenvalue weighted by molar-refractivity contribution is 5.72. The molecule has 0 amide bonds. The molecule has 1 unspecified atom stereocenters. The van der Waals surface area contributed by atoms with Gasteiger partial charge in [-0.2, -0.15) is 0 Å². The summed E-state index contributed by atoms with van der Waals surface area (Å²) in [7, 11) is 0. The Morgan fingerprint density at radius 2 is 2.07 bits per heavy atom. The predicted octanol–water partition coefficient (Wildman–Crippen LogP) is 1.43. The lowest BCUT2D eigenvalue weighted by molar-refractivity contribution is 0.173.